The summed E-state index contributed by atoms with van der Waals surface area (Å²) in [6, 6.07) is 8.88. The Morgan fingerprint density at radius 2 is 1.67 bits per heavy atom. The van der Waals surface area contributed by atoms with Crippen molar-refractivity contribution in [1.82, 2.24) is 5.32 Å². The molecule has 144 valence electrons. The van der Waals surface area contributed by atoms with E-state index in [1.807, 2.05) is 0 Å². The van der Waals surface area contributed by atoms with Crippen LogP contribution < -0.4 is 14.8 Å². The van der Waals surface area contributed by atoms with Crippen LogP contribution in [0.25, 0.3) is 0 Å². The minimum absolute atomic E-state index is 0.139. The van der Waals surface area contributed by atoms with Crippen LogP contribution in [0.1, 0.15) is 20.7 Å². The second-order valence-electron chi connectivity index (χ2n) is 5.17. The molecule has 0 aliphatic heterocycles. The zero-order valence-electron chi connectivity index (χ0n) is 14.3. The molecular weight excluding hydrogens is 397 g/mol. The third-order valence-electron chi connectivity index (χ3n) is 3.38. The first-order valence-electron chi connectivity index (χ1n) is 7.78. The smallest absolute Gasteiger partial charge is 0.341 e. The predicted octanol–water partition coefficient (Wildman–Crippen LogP) is 2.92. The van der Waals surface area contributed by atoms with Gasteiger partial charge in [-0.15, -0.1) is 0 Å². The molecule has 0 saturated carbocycles. The monoisotopic (exact) mass is 413 g/mol. The maximum absolute atomic E-state index is 12.0. The number of benzene rings is 2. The number of hydrogen-bond acceptors (Lipinski definition) is 6. The van der Waals surface area contributed by atoms with E-state index in [0.717, 1.165) is 0 Å². The van der Waals surface area contributed by atoms with Gasteiger partial charge in [0.25, 0.3) is 5.91 Å². The van der Waals surface area contributed by atoms with Gasteiger partial charge in [-0.25, -0.2) is 4.79 Å². The summed E-state index contributed by atoms with van der Waals surface area (Å²) in [7, 11) is 1.47. The molecular formula is C18H17Cl2NO6. The number of rotatable bonds is 8. The first-order chi connectivity index (χ1) is 13.0. The second kappa shape index (κ2) is 10.0. The molecule has 9 heteroatoms. The van der Waals surface area contributed by atoms with Gasteiger partial charge in [-0.3, -0.25) is 4.79 Å². The SMILES string of the molecule is COc1ccc(C(=O)OCOc2ccc(C(=O)NCCO)cc2Cl)cc1Cl. The van der Waals surface area contributed by atoms with Crippen LogP contribution in [-0.4, -0.2) is 44.0 Å². The largest absolute Gasteiger partial charge is 0.495 e. The van der Waals surface area contributed by atoms with Gasteiger partial charge in [0.05, 0.1) is 29.3 Å². The molecule has 2 rings (SSSR count). The van der Waals surface area contributed by atoms with Gasteiger partial charge in [0.15, 0.2) is 0 Å². The van der Waals surface area contributed by atoms with Crippen LogP contribution in [0.2, 0.25) is 10.0 Å². The zero-order valence-corrected chi connectivity index (χ0v) is 15.8. The highest BCUT2D eigenvalue weighted by atomic mass is 35.5. The van der Waals surface area contributed by atoms with Gasteiger partial charge in [-0.05, 0) is 36.4 Å². The predicted molar refractivity (Wildman–Crippen MR) is 99.8 cm³/mol. The molecule has 27 heavy (non-hydrogen) atoms. The van der Waals surface area contributed by atoms with Crippen LogP contribution in [0.5, 0.6) is 11.5 Å². The van der Waals surface area contributed by atoms with Crippen molar-refractivity contribution in [2.45, 2.75) is 0 Å². The first-order valence-corrected chi connectivity index (χ1v) is 8.54. The van der Waals surface area contributed by atoms with Gasteiger partial charge >= 0.3 is 5.97 Å². The Kier molecular flexibility index (Phi) is 7.72. The summed E-state index contributed by atoms with van der Waals surface area (Å²) >= 11 is 12.0. The molecule has 0 saturated heterocycles. The van der Waals surface area contributed by atoms with Crippen LogP contribution >= 0.6 is 23.2 Å². The molecule has 0 unspecified atom stereocenters. The number of ether oxygens (including phenoxy) is 3. The van der Waals surface area contributed by atoms with E-state index in [-0.39, 0.29) is 47.2 Å². The molecule has 1 amide bonds. The number of esters is 1. The zero-order chi connectivity index (χ0) is 19.8. The molecule has 7 nitrogen and oxygen atoms in total. The van der Waals surface area contributed by atoms with Gasteiger partial charge in [0, 0.05) is 12.1 Å². The number of amides is 1. The highest BCUT2D eigenvalue weighted by Crippen LogP contribution is 2.27. The van der Waals surface area contributed by atoms with Crippen LogP contribution in [0.3, 0.4) is 0 Å². The van der Waals surface area contributed by atoms with Crippen molar-refractivity contribution < 1.29 is 28.9 Å². The Hall–Kier alpha value is -2.48. The number of aliphatic hydroxyl groups excluding tert-OH is 1. The van der Waals surface area contributed by atoms with Crippen molar-refractivity contribution in [2.24, 2.45) is 0 Å². The lowest BCUT2D eigenvalue weighted by molar-refractivity contribution is 0.0154. The quantitative estimate of drug-likeness (QED) is 0.510. The Morgan fingerprint density at radius 1 is 1.04 bits per heavy atom. The summed E-state index contributed by atoms with van der Waals surface area (Å²) in [5, 5.41) is 11.7. The van der Waals surface area contributed by atoms with Gasteiger partial charge in [-0.2, -0.15) is 0 Å². The van der Waals surface area contributed by atoms with Crippen molar-refractivity contribution in [3.05, 3.63) is 57.6 Å². The second-order valence-corrected chi connectivity index (χ2v) is 5.98. The number of carbonyl (C=O) groups excluding carboxylic acids is 2. The number of nitrogens with one attached hydrogen (secondary N) is 1. The number of halogens is 2. The lowest BCUT2D eigenvalue weighted by atomic mass is 10.2. The lowest BCUT2D eigenvalue weighted by Crippen LogP contribution is -2.26. The summed E-state index contributed by atoms with van der Waals surface area (Å²) < 4.78 is 15.4. The number of aliphatic hydroxyl groups is 1. The molecule has 0 aliphatic rings. The molecule has 2 N–H and O–H groups in total. The average Bonchev–Trinajstić information content (AvgIpc) is 2.67. The summed E-state index contributed by atoms with van der Waals surface area (Å²) in [5.41, 5.74) is 0.553. The molecule has 0 aromatic heterocycles. The Bertz CT molecular complexity index is 827. The average molecular weight is 414 g/mol. The molecule has 0 aliphatic carbocycles. The van der Waals surface area contributed by atoms with Gasteiger partial charge < -0.3 is 24.6 Å². The van der Waals surface area contributed by atoms with Crippen molar-refractivity contribution in [1.29, 1.82) is 0 Å². The Labute approximate surface area is 165 Å². The van der Waals surface area contributed by atoms with Crippen LogP contribution in [0, 0.1) is 0 Å². The minimum atomic E-state index is -0.629. The van der Waals surface area contributed by atoms with E-state index in [0.29, 0.717) is 11.3 Å². The molecule has 0 fully saturated rings. The van der Waals surface area contributed by atoms with Crippen LogP contribution in [-0.2, 0) is 4.74 Å². The normalized spacial score (nSPS) is 10.2. The highest BCUT2D eigenvalue weighted by molar-refractivity contribution is 6.32. The molecule has 0 radical (unpaired) electrons. The highest BCUT2D eigenvalue weighted by Gasteiger charge is 2.12. The summed E-state index contributed by atoms with van der Waals surface area (Å²) in [5.74, 6) is -0.314. The first kappa shape index (κ1) is 20.8. The molecule has 0 bridgehead atoms. The van der Waals surface area contributed by atoms with E-state index in [1.54, 1.807) is 6.07 Å². The van der Waals surface area contributed by atoms with Crippen molar-refractivity contribution in [2.75, 3.05) is 27.1 Å². The molecule has 2 aromatic rings. The third-order valence-corrected chi connectivity index (χ3v) is 3.97. The lowest BCUT2D eigenvalue weighted by Gasteiger charge is -2.11. The van der Waals surface area contributed by atoms with E-state index in [2.05, 4.69) is 5.32 Å². The number of methoxy groups -OCH3 is 1. The summed E-state index contributed by atoms with van der Waals surface area (Å²) in [6.45, 7) is -0.399. The molecule has 0 atom stereocenters. The fourth-order valence-corrected chi connectivity index (χ4v) is 2.55. The van der Waals surface area contributed by atoms with Gasteiger partial charge in [-0.1, -0.05) is 23.2 Å². The molecule has 0 heterocycles. The summed E-state index contributed by atoms with van der Waals surface area (Å²) in [6.07, 6.45) is 0. The Balaban J connectivity index is 1.92. The van der Waals surface area contributed by atoms with E-state index in [1.165, 1.54) is 37.4 Å². The van der Waals surface area contributed by atoms with E-state index >= 15 is 0 Å². The van der Waals surface area contributed by atoms with Gasteiger partial charge in [0.2, 0.25) is 6.79 Å². The van der Waals surface area contributed by atoms with Crippen LogP contribution in [0.4, 0.5) is 0 Å². The van der Waals surface area contributed by atoms with Gasteiger partial charge in [0.1, 0.15) is 11.5 Å². The van der Waals surface area contributed by atoms with Crippen molar-refractivity contribution in [3.8, 4) is 11.5 Å². The van der Waals surface area contributed by atoms with E-state index in [4.69, 9.17) is 42.5 Å². The maximum Gasteiger partial charge on any atom is 0.341 e. The molecule has 2 aromatic carbocycles. The number of hydrogen-bond donors (Lipinski definition) is 2. The molecule has 0 spiro atoms. The standard InChI is InChI=1S/C18H17Cl2NO6/c1-25-15-4-3-12(9-13(15)19)18(24)27-10-26-16-5-2-11(8-14(16)20)17(23)21-6-7-22/h2-5,8-9,22H,6-7,10H2,1H3,(H,21,23). The van der Waals surface area contributed by atoms with Crippen molar-refractivity contribution >= 4 is 35.1 Å². The topological polar surface area (TPSA) is 94.1 Å². The van der Waals surface area contributed by atoms with Crippen LogP contribution in [0.15, 0.2) is 36.4 Å². The van der Waals surface area contributed by atoms with E-state index < -0.39 is 5.97 Å². The minimum Gasteiger partial charge on any atom is -0.495 e. The summed E-state index contributed by atoms with van der Waals surface area (Å²) in [4.78, 5) is 23.8. The van der Waals surface area contributed by atoms with E-state index in [9.17, 15) is 9.59 Å². The third kappa shape index (κ3) is 5.75. The fourth-order valence-electron chi connectivity index (χ4n) is 2.05. The number of carbonyl (C=O) groups is 2. The Morgan fingerprint density at radius 3 is 2.30 bits per heavy atom. The fraction of sp³-hybridized carbons (Fsp3) is 0.222. The maximum atomic E-state index is 12.0. The van der Waals surface area contributed by atoms with Crippen molar-refractivity contribution in [3.63, 3.8) is 0 Å².